The van der Waals surface area contributed by atoms with Crippen LogP contribution in [0.25, 0.3) is 0 Å². The smallest absolute Gasteiger partial charge is 0.191 e. The van der Waals surface area contributed by atoms with E-state index in [-0.39, 0.29) is 17.5 Å². The lowest BCUT2D eigenvalue weighted by molar-refractivity contribution is 0.118. The van der Waals surface area contributed by atoms with Gasteiger partial charge in [0.15, 0.2) is 23.2 Å². The second-order valence-corrected chi connectivity index (χ2v) is 5.27. The van der Waals surface area contributed by atoms with Gasteiger partial charge in [-0.3, -0.25) is 0 Å². The molecule has 0 heterocycles. The lowest BCUT2D eigenvalue weighted by Crippen LogP contribution is -2.25. The zero-order valence-electron chi connectivity index (χ0n) is 11.3. The molecule has 1 aliphatic carbocycles. The van der Waals surface area contributed by atoms with Gasteiger partial charge in [0.2, 0.25) is 0 Å². The molecule has 1 saturated carbocycles. The number of hydrogen-bond acceptors (Lipinski definition) is 3. The minimum Gasteiger partial charge on any atom is -0.484 e. The molecule has 2 atom stereocenters. The van der Waals surface area contributed by atoms with E-state index in [2.05, 4.69) is 12.1 Å². The summed E-state index contributed by atoms with van der Waals surface area (Å²) in [5, 5.41) is 11.2. The summed E-state index contributed by atoms with van der Waals surface area (Å²) in [7, 11) is 0. The molecular formula is C14H18F2N2O2. The Kier molecular flexibility index (Phi) is 4.42. The lowest BCUT2D eigenvalue weighted by atomic mass is 9.89. The van der Waals surface area contributed by atoms with Crippen molar-refractivity contribution >= 4 is 5.84 Å². The van der Waals surface area contributed by atoms with E-state index in [0.717, 1.165) is 37.8 Å². The zero-order valence-corrected chi connectivity index (χ0v) is 11.3. The highest BCUT2D eigenvalue weighted by atomic mass is 19.1. The van der Waals surface area contributed by atoms with Crippen LogP contribution in [0, 0.1) is 17.6 Å². The number of amidine groups is 1. The van der Waals surface area contributed by atoms with Crippen molar-refractivity contribution in [1.82, 2.24) is 0 Å². The van der Waals surface area contributed by atoms with Crippen molar-refractivity contribution in [2.45, 2.75) is 38.7 Å². The molecule has 0 saturated heterocycles. The van der Waals surface area contributed by atoms with Gasteiger partial charge in [-0.15, -0.1) is 0 Å². The molecule has 20 heavy (non-hydrogen) atoms. The Bertz CT molecular complexity index is 497. The summed E-state index contributed by atoms with van der Waals surface area (Å²) in [5.41, 5.74) is 5.29. The van der Waals surface area contributed by atoms with Gasteiger partial charge < -0.3 is 15.7 Å². The van der Waals surface area contributed by atoms with E-state index in [1.165, 1.54) is 0 Å². The molecule has 1 aromatic rings. The Hall–Kier alpha value is -1.85. The van der Waals surface area contributed by atoms with Gasteiger partial charge in [-0.05, 0) is 37.3 Å². The normalized spacial score (nSPS) is 23.6. The molecule has 1 aromatic carbocycles. The largest absolute Gasteiger partial charge is 0.484 e. The molecular weight excluding hydrogens is 266 g/mol. The number of benzene rings is 1. The Morgan fingerprint density at radius 1 is 1.35 bits per heavy atom. The fourth-order valence-electron chi connectivity index (χ4n) is 2.53. The number of oxime groups is 1. The van der Waals surface area contributed by atoms with Crippen LogP contribution in [-0.4, -0.2) is 17.1 Å². The molecule has 6 heteroatoms. The summed E-state index contributed by atoms with van der Waals surface area (Å²) in [6.07, 6.45) is 3.54. The van der Waals surface area contributed by atoms with Gasteiger partial charge in [0.1, 0.15) is 0 Å². The molecule has 4 nitrogen and oxygen atoms in total. The number of hydrogen-bond donors (Lipinski definition) is 2. The highest BCUT2D eigenvalue weighted by molar-refractivity contribution is 5.97. The van der Waals surface area contributed by atoms with Crippen LogP contribution in [0.15, 0.2) is 17.3 Å². The van der Waals surface area contributed by atoms with Crippen molar-refractivity contribution in [3.05, 3.63) is 29.3 Å². The summed E-state index contributed by atoms with van der Waals surface area (Å²) in [6, 6.07) is 2.00. The first kappa shape index (κ1) is 14.6. The number of nitrogens with zero attached hydrogens (tertiary/aromatic N) is 1. The molecule has 0 aliphatic heterocycles. The molecule has 0 radical (unpaired) electrons. The fraction of sp³-hybridized carbons (Fsp3) is 0.500. The van der Waals surface area contributed by atoms with Gasteiger partial charge >= 0.3 is 0 Å². The maximum atomic E-state index is 13.9. The van der Waals surface area contributed by atoms with Gasteiger partial charge in [-0.2, -0.15) is 0 Å². The molecule has 1 fully saturated rings. The third kappa shape index (κ3) is 3.18. The fourth-order valence-corrected chi connectivity index (χ4v) is 2.53. The third-order valence-corrected chi connectivity index (χ3v) is 3.57. The molecule has 0 aromatic heterocycles. The maximum absolute atomic E-state index is 13.9. The molecule has 0 amide bonds. The first-order valence-corrected chi connectivity index (χ1v) is 6.65. The standard InChI is InChI=1S/C14H18F2N2O2/c1-8-3-2-4-10(5-8)20-13-11(15)6-9(7-12(13)16)14(17)18-19/h6-8,10,19H,2-5H2,1H3,(H2,17,18). The van der Waals surface area contributed by atoms with E-state index >= 15 is 0 Å². The average molecular weight is 284 g/mol. The molecule has 2 unspecified atom stereocenters. The van der Waals surface area contributed by atoms with Crippen LogP contribution in [0.1, 0.15) is 38.2 Å². The van der Waals surface area contributed by atoms with Gasteiger partial charge in [-0.25, -0.2) is 8.78 Å². The van der Waals surface area contributed by atoms with Crippen LogP contribution in [0.4, 0.5) is 8.78 Å². The van der Waals surface area contributed by atoms with Crippen LogP contribution in [0.5, 0.6) is 5.75 Å². The van der Waals surface area contributed by atoms with E-state index < -0.39 is 17.4 Å². The molecule has 0 spiro atoms. The van der Waals surface area contributed by atoms with Crippen molar-refractivity contribution in [1.29, 1.82) is 0 Å². The van der Waals surface area contributed by atoms with Crippen molar-refractivity contribution < 1.29 is 18.7 Å². The minimum absolute atomic E-state index is 0.0214. The van der Waals surface area contributed by atoms with Gasteiger partial charge in [0.05, 0.1) is 6.10 Å². The van der Waals surface area contributed by atoms with Crippen LogP contribution >= 0.6 is 0 Å². The molecule has 3 N–H and O–H groups in total. The lowest BCUT2D eigenvalue weighted by Gasteiger charge is -2.27. The molecule has 110 valence electrons. The monoisotopic (exact) mass is 284 g/mol. The van der Waals surface area contributed by atoms with Crippen LogP contribution in [0.2, 0.25) is 0 Å². The van der Waals surface area contributed by atoms with Crippen molar-refractivity contribution in [3.63, 3.8) is 0 Å². The Balaban J connectivity index is 2.20. The average Bonchev–Trinajstić information content (AvgIpc) is 2.42. The Morgan fingerprint density at radius 3 is 2.55 bits per heavy atom. The van der Waals surface area contributed by atoms with E-state index in [1.54, 1.807) is 0 Å². The topological polar surface area (TPSA) is 67.8 Å². The van der Waals surface area contributed by atoms with Crippen molar-refractivity contribution in [3.8, 4) is 5.75 Å². The number of ether oxygens (including phenoxy) is 1. The summed E-state index contributed by atoms with van der Waals surface area (Å²) in [4.78, 5) is 0. The van der Waals surface area contributed by atoms with Crippen LogP contribution in [0.3, 0.4) is 0 Å². The minimum atomic E-state index is -0.843. The van der Waals surface area contributed by atoms with Gasteiger partial charge in [0.25, 0.3) is 0 Å². The highest BCUT2D eigenvalue weighted by Crippen LogP contribution is 2.30. The predicted molar refractivity (Wildman–Crippen MR) is 70.9 cm³/mol. The maximum Gasteiger partial charge on any atom is 0.191 e. The van der Waals surface area contributed by atoms with Crippen molar-refractivity contribution in [2.24, 2.45) is 16.8 Å². The van der Waals surface area contributed by atoms with Gasteiger partial charge in [0, 0.05) is 5.56 Å². The first-order chi connectivity index (χ1) is 9.51. The van der Waals surface area contributed by atoms with Crippen LogP contribution < -0.4 is 10.5 Å². The number of halogens is 2. The Morgan fingerprint density at radius 2 is 2.00 bits per heavy atom. The van der Waals surface area contributed by atoms with E-state index in [1.807, 2.05) is 0 Å². The summed E-state index contributed by atoms with van der Waals surface area (Å²) >= 11 is 0. The quantitative estimate of drug-likeness (QED) is 0.388. The summed E-state index contributed by atoms with van der Waals surface area (Å²) < 4.78 is 33.3. The highest BCUT2D eigenvalue weighted by Gasteiger charge is 2.23. The summed E-state index contributed by atoms with van der Waals surface area (Å²) in [6.45, 7) is 2.10. The van der Waals surface area contributed by atoms with E-state index in [0.29, 0.717) is 5.92 Å². The molecule has 0 bridgehead atoms. The zero-order chi connectivity index (χ0) is 14.7. The third-order valence-electron chi connectivity index (χ3n) is 3.57. The molecule has 1 aliphatic rings. The van der Waals surface area contributed by atoms with Crippen molar-refractivity contribution in [2.75, 3.05) is 0 Å². The molecule has 2 rings (SSSR count). The number of nitrogens with two attached hydrogens (primary N) is 1. The second-order valence-electron chi connectivity index (χ2n) is 5.27. The summed E-state index contributed by atoms with van der Waals surface area (Å²) in [5.74, 6) is -1.93. The van der Waals surface area contributed by atoms with E-state index in [4.69, 9.17) is 15.7 Å². The van der Waals surface area contributed by atoms with E-state index in [9.17, 15) is 8.78 Å². The predicted octanol–water partition coefficient (Wildman–Crippen LogP) is 3.02. The van der Waals surface area contributed by atoms with Gasteiger partial charge in [-0.1, -0.05) is 18.5 Å². The van der Waals surface area contributed by atoms with Crippen LogP contribution in [-0.2, 0) is 0 Å². The Labute approximate surface area is 116 Å². The number of rotatable bonds is 3. The second kappa shape index (κ2) is 6.07. The SMILES string of the molecule is CC1CCCC(Oc2c(F)cc(C(N)=NO)cc2F)C1. The first-order valence-electron chi connectivity index (χ1n) is 6.65.